The van der Waals surface area contributed by atoms with Crippen LogP contribution in [0.1, 0.15) is 24.0 Å². The lowest BCUT2D eigenvalue weighted by Gasteiger charge is -1.97. The SMILES string of the molecule is CCCOCc1nc(CNC)cs1. The second kappa shape index (κ2) is 6.07. The van der Waals surface area contributed by atoms with Crippen molar-refractivity contribution in [1.29, 1.82) is 0 Å². The van der Waals surface area contributed by atoms with E-state index in [9.17, 15) is 0 Å². The van der Waals surface area contributed by atoms with E-state index < -0.39 is 0 Å². The molecular weight excluding hydrogens is 184 g/mol. The van der Waals surface area contributed by atoms with Crippen molar-refractivity contribution >= 4 is 11.3 Å². The molecular formula is C9H16N2OS. The van der Waals surface area contributed by atoms with Gasteiger partial charge in [0, 0.05) is 18.5 Å². The third-order valence-corrected chi connectivity index (χ3v) is 2.40. The van der Waals surface area contributed by atoms with Crippen LogP contribution in [0.4, 0.5) is 0 Å². The van der Waals surface area contributed by atoms with E-state index >= 15 is 0 Å². The first-order chi connectivity index (χ1) is 6.36. The first kappa shape index (κ1) is 10.6. The van der Waals surface area contributed by atoms with Crippen molar-refractivity contribution in [2.75, 3.05) is 13.7 Å². The van der Waals surface area contributed by atoms with Crippen LogP contribution >= 0.6 is 11.3 Å². The van der Waals surface area contributed by atoms with Crippen LogP contribution in [-0.4, -0.2) is 18.6 Å². The summed E-state index contributed by atoms with van der Waals surface area (Å²) in [5.74, 6) is 0. The molecule has 0 bridgehead atoms. The Kier molecular flexibility index (Phi) is 4.97. The molecule has 3 nitrogen and oxygen atoms in total. The van der Waals surface area contributed by atoms with Gasteiger partial charge in [-0.15, -0.1) is 11.3 Å². The average molecular weight is 200 g/mol. The summed E-state index contributed by atoms with van der Waals surface area (Å²) < 4.78 is 5.39. The van der Waals surface area contributed by atoms with Crippen LogP contribution in [0.5, 0.6) is 0 Å². The van der Waals surface area contributed by atoms with Gasteiger partial charge in [0.15, 0.2) is 0 Å². The Bertz CT molecular complexity index is 237. The molecule has 0 aliphatic rings. The highest BCUT2D eigenvalue weighted by molar-refractivity contribution is 7.09. The predicted octanol–water partition coefficient (Wildman–Crippen LogP) is 1.79. The van der Waals surface area contributed by atoms with E-state index in [2.05, 4.69) is 22.6 Å². The molecule has 0 amide bonds. The van der Waals surface area contributed by atoms with Crippen molar-refractivity contribution in [3.05, 3.63) is 16.1 Å². The monoisotopic (exact) mass is 200 g/mol. The van der Waals surface area contributed by atoms with E-state index in [4.69, 9.17) is 4.74 Å². The zero-order chi connectivity index (χ0) is 9.52. The van der Waals surface area contributed by atoms with Gasteiger partial charge >= 0.3 is 0 Å². The maximum absolute atomic E-state index is 5.39. The van der Waals surface area contributed by atoms with Crippen molar-refractivity contribution in [2.24, 2.45) is 0 Å². The Morgan fingerprint density at radius 1 is 1.62 bits per heavy atom. The Morgan fingerprint density at radius 3 is 3.15 bits per heavy atom. The van der Waals surface area contributed by atoms with Crippen LogP contribution in [0.3, 0.4) is 0 Å². The van der Waals surface area contributed by atoms with Gasteiger partial charge in [-0.05, 0) is 13.5 Å². The Morgan fingerprint density at radius 2 is 2.46 bits per heavy atom. The highest BCUT2D eigenvalue weighted by Crippen LogP contribution is 2.10. The van der Waals surface area contributed by atoms with Gasteiger partial charge in [-0.25, -0.2) is 4.98 Å². The van der Waals surface area contributed by atoms with Gasteiger partial charge in [-0.1, -0.05) is 6.92 Å². The van der Waals surface area contributed by atoms with E-state index in [-0.39, 0.29) is 0 Å². The lowest BCUT2D eigenvalue weighted by Crippen LogP contribution is -2.05. The summed E-state index contributed by atoms with van der Waals surface area (Å²) in [6, 6.07) is 0. The highest BCUT2D eigenvalue weighted by Gasteiger charge is 2.00. The minimum Gasteiger partial charge on any atom is -0.374 e. The lowest BCUT2D eigenvalue weighted by atomic mass is 10.5. The summed E-state index contributed by atoms with van der Waals surface area (Å²) in [4.78, 5) is 4.40. The molecule has 1 rings (SSSR count). The summed E-state index contributed by atoms with van der Waals surface area (Å²) in [7, 11) is 1.92. The first-order valence-electron chi connectivity index (χ1n) is 4.52. The van der Waals surface area contributed by atoms with Crippen molar-refractivity contribution in [3.8, 4) is 0 Å². The lowest BCUT2D eigenvalue weighted by molar-refractivity contribution is 0.121. The largest absolute Gasteiger partial charge is 0.374 e. The minimum atomic E-state index is 0.655. The standard InChI is InChI=1S/C9H16N2OS/c1-3-4-12-6-9-11-8(5-10-2)7-13-9/h7,10H,3-6H2,1-2H3. The van der Waals surface area contributed by atoms with E-state index in [0.717, 1.165) is 30.3 Å². The molecule has 0 fully saturated rings. The molecule has 74 valence electrons. The summed E-state index contributed by atoms with van der Waals surface area (Å²) in [5.41, 5.74) is 1.10. The fraction of sp³-hybridized carbons (Fsp3) is 0.667. The second-order valence-corrected chi connectivity index (χ2v) is 3.76. The van der Waals surface area contributed by atoms with Gasteiger partial charge in [-0.3, -0.25) is 0 Å². The predicted molar refractivity (Wildman–Crippen MR) is 54.8 cm³/mol. The number of thiazole rings is 1. The van der Waals surface area contributed by atoms with Crippen molar-refractivity contribution < 1.29 is 4.74 Å². The van der Waals surface area contributed by atoms with E-state index in [1.807, 2.05) is 7.05 Å². The molecule has 0 saturated carbocycles. The molecule has 0 saturated heterocycles. The maximum Gasteiger partial charge on any atom is 0.119 e. The highest BCUT2D eigenvalue weighted by atomic mass is 32.1. The molecule has 0 spiro atoms. The zero-order valence-electron chi connectivity index (χ0n) is 8.17. The minimum absolute atomic E-state index is 0.655. The van der Waals surface area contributed by atoms with E-state index in [1.165, 1.54) is 0 Å². The molecule has 1 N–H and O–H groups in total. The van der Waals surface area contributed by atoms with Crippen LogP contribution in [-0.2, 0) is 17.9 Å². The normalized spacial score (nSPS) is 10.6. The van der Waals surface area contributed by atoms with Crippen LogP contribution in [0.15, 0.2) is 5.38 Å². The smallest absolute Gasteiger partial charge is 0.119 e. The fourth-order valence-electron chi connectivity index (χ4n) is 0.981. The van der Waals surface area contributed by atoms with Gasteiger partial charge < -0.3 is 10.1 Å². The second-order valence-electron chi connectivity index (χ2n) is 2.82. The number of nitrogens with one attached hydrogen (secondary N) is 1. The van der Waals surface area contributed by atoms with Crippen molar-refractivity contribution in [3.63, 3.8) is 0 Å². The Balaban J connectivity index is 2.31. The zero-order valence-corrected chi connectivity index (χ0v) is 8.99. The summed E-state index contributed by atoms with van der Waals surface area (Å²) in [5, 5.41) is 6.21. The van der Waals surface area contributed by atoms with Crippen LogP contribution in [0.25, 0.3) is 0 Å². The van der Waals surface area contributed by atoms with Crippen LogP contribution in [0.2, 0.25) is 0 Å². The van der Waals surface area contributed by atoms with Crippen LogP contribution in [0, 0.1) is 0 Å². The molecule has 13 heavy (non-hydrogen) atoms. The summed E-state index contributed by atoms with van der Waals surface area (Å²) in [6.45, 7) is 4.42. The number of hydrogen-bond acceptors (Lipinski definition) is 4. The molecule has 0 radical (unpaired) electrons. The molecule has 1 heterocycles. The van der Waals surface area contributed by atoms with Crippen molar-refractivity contribution in [1.82, 2.24) is 10.3 Å². The first-order valence-corrected chi connectivity index (χ1v) is 5.40. The number of aromatic nitrogens is 1. The number of nitrogens with zero attached hydrogens (tertiary/aromatic N) is 1. The van der Waals surface area contributed by atoms with Crippen molar-refractivity contribution in [2.45, 2.75) is 26.5 Å². The molecule has 1 aromatic heterocycles. The Hall–Kier alpha value is -0.450. The summed E-state index contributed by atoms with van der Waals surface area (Å²) in [6.07, 6.45) is 1.06. The molecule has 0 aliphatic carbocycles. The quantitative estimate of drug-likeness (QED) is 0.711. The van der Waals surface area contributed by atoms with E-state index in [1.54, 1.807) is 11.3 Å². The molecule has 0 unspecified atom stereocenters. The fourth-order valence-corrected chi connectivity index (χ4v) is 1.71. The third kappa shape index (κ3) is 3.85. The van der Waals surface area contributed by atoms with Gasteiger partial charge in [0.05, 0.1) is 12.3 Å². The number of rotatable bonds is 6. The van der Waals surface area contributed by atoms with Crippen LogP contribution < -0.4 is 5.32 Å². The number of ether oxygens (including phenoxy) is 1. The summed E-state index contributed by atoms with van der Waals surface area (Å²) >= 11 is 1.66. The van der Waals surface area contributed by atoms with Gasteiger partial charge in [-0.2, -0.15) is 0 Å². The topological polar surface area (TPSA) is 34.1 Å². The molecule has 0 aromatic carbocycles. The van der Waals surface area contributed by atoms with Gasteiger partial charge in [0.1, 0.15) is 5.01 Å². The molecule has 0 atom stereocenters. The van der Waals surface area contributed by atoms with Gasteiger partial charge in [0.25, 0.3) is 0 Å². The molecule has 4 heteroatoms. The molecule has 1 aromatic rings. The van der Waals surface area contributed by atoms with E-state index in [0.29, 0.717) is 6.61 Å². The molecule has 0 aliphatic heterocycles. The number of hydrogen-bond donors (Lipinski definition) is 1. The maximum atomic E-state index is 5.39. The third-order valence-electron chi connectivity index (χ3n) is 1.53. The van der Waals surface area contributed by atoms with Gasteiger partial charge in [0.2, 0.25) is 0 Å². The Labute approximate surface area is 83.1 Å². The average Bonchev–Trinajstić information content (AvgIpc) is 2.54.